The van der Waals surface area contributed by atoms with Crippen molar-refractivity contribution in [2.24, 2.45) is 5.10 Å². The molecule has 0 saturated heterocycles. The third-order valence-corrected chi connectivity index (χ3v) is 8.32. The van der Waals surface area contributed by atoms with Crippen LogP contribution >= 0.6 is 23.2 Å². The second-order valence-corrected chi connectivity index (χ2v) is 12.0. The van der Waals surface area contributed by atoms with Gasteiger partial charge in [-0.2, -0.15) is 5.10 Å². The lowest BCUT2D eigenvalue weighted by atomic mass is 10.00. The van der Waals surface area contributed by atoms with Gasteiger partial charge in [-0.15, -0.1) is 0 Å². The minimum absolute atomic E-state index is 0.0586. The van der Waals surface area contributed by atoms with Crippen molar-refractivity contribution < 1.29 is 13.2 Å². The third-order valence-electron chi connectivity index (χ3n) is 6.39. The molecular formula is C27H35Cl2N3O3S. The van der Waals surface area contributed by atoms with Gasteiger partial charge in [-0.25, -0.2) is 13.8 Å². The van der Waals surface area contributed by atoms with Gasteiger partial charge in [0.25, 0.3) is 5.91 Å². The van der Waals surface area contributed by atoms with E-state index in [4.69, 9.17) is 23.2 Å². The third kappa shape index (κ3) is 8.79. The van der Waals surface area contributed by atoms with Gasteiger partial charge in [0.1, 0.15) is 0 Å². The molecule has 1 saturated carbocycles. The minimum Gasteiger partial charge on any atom is -0.267 e. The Hall–Kier alpha value is -2.09. The Labute approximate surface area is 225 Å². The summed E-state index contributed by atoms with van der Waals surface area (Å²) in [7, 11) is -3.62. The summed E-state index contributed by atoms with van der Waals surface area (Å²) in [5.74, 6) is -0.280. The first-order valence-corrected chi connectivity index (χ1v) is 15.2. The summed E-state index contributed by atoms with van der Waals surface area (Å²) in [4.78, 5) is 12.7. The molecule has 1 amide bonds. The summed E-state index contributed by atoms with van der Waals surface area (Å²) in [5.41, 5.74) is 5.25. The van der Waals surface area contributed by atoms with Crippen LogP contribution in [0, 0.1) is 0 Å². The van der Waals surface area contributed by atoms with Crippen LogP contribution in [0.1, 0.15) is 86.6 Å². The Morgan fingerprint density at radius 1 is 0.889 bits per heavy atom. The standard InChI is InChI=1S/C27H35Cl2N3O3S/c1-36(34,35)32(25-15-11-14-24(28)26(25)29)20-21-16-18-22(19-17-21)27(33)31-30-23-12-9-7-5-3-2-4-6-8-10-13-23/h11,14-19H,2-10,12-13,20H2,1H3,(H,31,33). The summed E-state index contributed by atoms with van der Waals surface area (Å²) in [6.45, 7) is 0.0586. The van der Waals surface area contributed by atoms with Gasteiger partial charge in [-0.3, -0.25) is 9.10 Å². The van der Waals surface area contributed by atoms with Crippen molar-refractivity contribution in [2.45, 2.75) is 77.2 Å². The number of halogens is 2. The maximum atomic E-state index is 12.7. The Morgan fingerprint density at radius 2 is 1.44 bits per heavy atom. The number of hydrogen-bond acceptors (Lipinski definition) is 4. The van der Waals surface area contributed by atoms with Crippen molar-refractivity contribution in [1.29, 1.82) is 0 Å². The lowest BCUT2D eigenvalue weighted by molar-refractivity contribution is 0.0954. The van der Waals surface area contributed by atoms with Crippen LogP contribution < -0.4 is 9.73 Å². The fraction of sp³-hybridized carbons (Fsp3) is 0.481. The number of hydrogen-bond donors (Lipinski definition) is 1. The van der Waals surface area contributed by atoms with Crippen molar-refractivity contribution >= 4 is 50.5 Å². The van der Waals surface area contributed by atoms with E-state index in [1.807, 2.05) is 0 Å². The van der Waals surface area contributed by atoms with Crippen LogP contribution in [0.3, 0.4) is 0 Å². The number of nitrogens with zero attached hydrogens (tertiary/aromatic N) is 2. The number of anilines is 1. The highest BCUT2D eigenvalue weighted by Gasteiger charge is 2.21. The highest BCUT2D eigenvalue weighted by molar-refractivity contribution is 7.92. The summed E-state index contributed by atoms with van der Waals surface area (Å²) in [6.07, 6.45) is 14.1. The van der Waals surface area contributed by atoms with E-state index in [2.05, 4.69) is 10.5 Å². The highest BCUT2D eigenvalue weighted by Crippen LogP contribution is 2.34. The van der Waals surface area contributed by atoms with Crippen LogP contribution in [-0.2, 0) is 16.6 Å². The van der Waals surface area contributed by atoms with Crippen LogP contribution in [-0.4, -0.2) is 26.3 Å². The van der Waals surface area contributed by atoms with Crippen LogP contribution in [0.15, 0.2) is 47.6 Å². The van der Waals surface area contributed by atoms with E-state index in [1.54, 1.807) is 42.5 Å². The number of rotatable bonds is 6. The predicted octanol–water partition coefficient (Wildman–Crippen LogP) is 7.35. The Balaban J connectivity index is 1.65. The second-order valence-electron chi connectivity index (χ2n) is 9.34. The minimum atomic E-state index is -3.62. The van der Waals surface area contributed by atoms with Crippen molar-refractivity contribution in [1.82, 2.24) is 5.43 Å². The number of carbonyl (C=O) groups is 1. The second kappa shape index (κ2) is 14.0. The van der Waals surface area contributed by atoms with Gasteiger partial charge in [-0.1, -0.05) is 86.3 Å². The van der Waals surface area contributed by atoms with Crippen molar-refractivity contribution in [3.63, 3.8) is 0 Å². The van der Waals surface area contributed by atoms with Gasteiger partial charge in [0.2, 0.25) is 10.0 Å². The largest absolute Gasteiger partial charge is 0.271 e. The quantitative estimate of drug-likeness (QED) is 0.381. The Bertz CT molecular complexity index is 1140. The maximum Gasteiger partial charge on any atom is 0.271 e. The van der Waals surface area contributed by atoms with E-state index in [-0.39, 0.29) is 22.5 Å². The number of sulfonamides is 1. The zero-order valence-electron chi connectivity index (χ0n) is 20.8. The summed E-state index contributed by atoms with van der Waals surface area (Å²) in [5, 5.41) is 4.90. The van der Waals surface area contributed by atoms with Gasteiger partial charge in [0.15, 0.2) is 0 Å². The molecule has 0 aromatic heterocycles. The number of nitrogens with one attached hydrogen (secondary N) is 1. The molecule has 1 N–H and O–H groups in total. The van der Waals surface area contributed by atoms with Crippen molar-refractivity contribution in [3.05, 3.63) is 63.6 Å². The molecule has 1 aliphatic carbocycles. The molecule has 0 radical (unpaired) electrons. The highest BCUT2D eigenvalue weighted by atomic mass is 35.5. The normalized spacial score (nSPS) is 15.9. The van der Waals surface area contributed by atoms with Gasteiger partial charge >= 0.3 is 0 Å². The Kier molecular flexibility index (Phi) is 11.1. The van der Waals surface area contributed by atoms with E-state index in [9.17, 15) is 13.2 Å². The predicted molar refractivity (Wildman–Crippen MR) is 150 cm³/mol. The average Bonchev–Trinajstić information content (AvgIpc) is 2.84. The van der Waals surface area contributed by atoms with E-state index in [1.165, 1.54) is 49.3 Å². The lowest BCUT2D eigenvalue weighted by Gasteiger charge is -2.24. The Morgan fingerprint density at radius 3 is 2.00 bits per heavy atom. The van der Waals surface area contributed by atoms with Crippen molar-refractivity contribution in [3.8, 4) is 0 Å². The molecule has 1 aliphatic rings. The molecule has 0 atom stereocenters. The molecule has 0 bridgehead atoms. The van der Waals surface area contributed by atoms with Crippen LogP contribution in [0.25, 0.3) is 0 Å². The molecule has 196 valence electrons. The van der Waals surface area contributed by atoms with Gasteiger partial charge < -0.3 is 0 Å². The SMILES string of the molecule is CS(=O)(=O)N(Cc1ccc(C(=O)NN=C2CCCCCCCCCCC2)cc1)c1cccc(Cl)c1Cl. The first-order chi connectivity index (χ1) is 17.3. The number of amides is 1. The monoisotopic (exact) mass is 551 g/mol. The van der Waals surface area contributed by atoms with Crippen molar-refractivity contribution in [2.75, 3.05) is 10.6 Å². The number of carbonyl (C=O) groups excluding carboxylic acids is 1. The zero-order valence-corrected chi connectivity index (χ0v) is 23.1. The van der Waals surface area contributed by atoms with E-state index in [0.717, 1.165) is 37.7 Å². The molecule has 6 nitrogen and oxygen atoms in total. The molecule has 0 heterocycles. The van der Waals surface area contributed by atoms with Gasteiger partial charge in [-0.05, 0) is 55.5 Å². The lowest BCUT2D eigenvalue weighted by Crippen LogP contribution is -2.29. The zero-order chi connectivity index (χ0) is 26.0. The molecule has 0 unspecified atom stereocenters. The topological polar surface area (TPSA) is 78.8 Å². The number of hydrazone groups is 1. The molecule has 3 rings (SSSR count). The first kappa shape index (κ1) is 28.5. The van der Waals surface area contributed by atoms with E-state index in [0.29, 0.717) is 16.8 Å². The molecule has 1 fully saturated rings. The summed E-state index contributed by atoms with van der Waals surface area (Å²) < 4.78 is 26.2. The fourth-order valence-electron chi connectivity index (χ4n) is 4.32. The first-order valence-electron chi connectivity index (χ1n) is 12.6. The van der Waals surface area contributed by atoms with E-state index >= 15 is 0 Å². The average molecular weight is 553 g/mol. The van der Waals surface area contributed by atoms with Crippen LogP contribution in [0.5, 0.6) is 0 Å². The molecule has 36 heavy (non-hydrogen) atoms. The molecule has 0 spiro atoms. The molecule has 2 aromatic rings. The molecular weight excluding hydrogens is 517 g/mol. The van der Waals surface area contributed by atoms with Gasteiger partial charge in [0, 0.05) is 11.3 Å². The van der Waals surface area contributed by atoms with E-state index < -0.39 is 10.0 Å². The molecule has 9 heteroatoms. The summed E-state index contributed by atoms with van der Waals surface area (Å²) >= 11 is 12.4. The van der Waals surface area contributed by atoms with Crippen LogP contribution in [0.4, 0.5) is 5.69 Å². The van der Waals surface area contributed by atoms with Crippen LogP contribution in [0.2, 0.25) is 10.0 Å². The van der Waals surface area contributed by atoms with Gasteiger partial charge in [0.05, 0.1) is 28.5 Å². The summed E-state index contributed by atoms with van der Waals surface area (Å²) in [6, 6.07) is 11.7. The number of benzene rings is 2. The smallest absolute Gasteiger partial charge is 0.267 e. The fourth-order valence-corrected chi connectivity index (χ4v) is 5.66. The molecule has 2 aromatic carbocycles. The maximum absolute atomic E-state index is 12.7. The molecule has 0 aliphatic heterocycles.